The Kier molecular flexibility index (Phi) is 9.80. The summed E-state index contributed by atoms with van der Waals surface area (Å²) in [6.45, 7) is 6.32. The lowest BCUT2D eigenvalue weighted by Gasteiger charge is -2.36. The summed E-state index contributed by atoms with van der Waals surface area (Å²) in [6, 6.07) is 14.6. The Labute approximate surface area is 224 Å². The van der Waals surface area contributed by atoms with Crippen LogP contribution in [0.5, 0.6) is 0 Å². The Morgan fingerprint density at radius 2 is 1.95 bits per heavy atom. The van der Waals surface area contributed by atoms with Gasteiger partial charge >= 0.3 is 0 Å². The lowest BCUT2D eigenvalue weighted by molar-refractivity contribution is -0.127. The van der Waals surface area contributed by atoms with Crippen LogP contribution in [0, 0.1) is 5.92 Å². The number of aliphatic hydroxyl groups excluding tert-OH is 1. The van der Waals surface area contributed by atoms with E-state index in [2.05, 4.69) is 52.6 Å². The van der Waals surface area contributed by atoms with Crippen LogP contribution in [-0.2, 0) is 4.79 Å². The number of amides is 1. The molecule has 0 saturated carbocycles. The van der Waals surface area contributed by atoms with E-state index < -0.39 is 0 Å². The molecule has 4 rings (SSSR count). The third-order valence-corrected chi connectivity index (χ3v) is 7.79. The number of benzene rings is 2. The molecule has 1 saturated heterocycles. The summed E-state index contributed by atoms with van der Waals surface area (Å²) < 4.78 is 2.27. The van der Waals surface area contributed by atoms with Gasteiger partial charge in [-0.1, -0.05) is 37.6 Å². The average molecular weight is 522 g/mol. The predicted octanol–water partition coefficient (Wildman–Crippen LogP) is 4.43. The number of aliphatic hydroxyl groups is 1. The lowest BCUT2D eigenvalue weighted by Crippen LogP contribution is -2.43. The number of nitrogens with zero attached hydrogens (tertiary/aromatic N) is 3. The number of hydrogen-bond acceptors (Lipinski definition) is 7. The van der Waals surface area contributed by atoms with Crippen molar-refractivity contribution >= 4 is 35.5 Å². The minimum absolute atomic E-state index is 0.0452. The van der Waals surface area contributed by atoms with Crippen molar-refractivity contribution in [3.05, 3.63) is 53.6 Å². The summed E-state index contributed by atoms with van der Waals surface area (Å²) in [4.78, 5) is 21.2. The quantitative estimate of drug-likeness (QED) is 0.282. The molecule has 1 amide bonds. The van der Waals surface area contributed by atoms with Gasteiger partial charge in [0.2, 0.25) is 5.91 Å². The number of carbonyl (C=O) groups excluding carboxylic acids is 1. The van der Waals surface area contributed by atoms with Crippen LogP contribution in [-0.4, -0.2) is 65.4 Å². The monoisotopic (exact) mass is 521 g/mol. The molecule has 0 atom stereocenters. The molecule has 1 fully saturated rings. The van der Waals surface area contributed by atoms with Crippen molar-refractivity contribution in [2.45, 2.75) is 43.9 Å². The molecule has 0 spiro atoms. The SMILES string of the molecule is CCCN(CCCCCN)C(=O)C1=Cc2ccc(-c3cccc(SN4CC(CO)C4)c3)cc2N=C(N)C1. The molecule has 0 bridgehead atoms. The van der Waals surface area contributed by atoms with Crippen LogP contribution in [0.1, 0.15) is 44.6 Å². The summed E-state index contributed by atoms with van der Waals surface area (Å²) in [6.07, 6.45) is 6.19. The highest BCUT2D eigenvalue weighted by atomic mass is 32.2. The fraction of sp³-hybridized carbons (Fsp3) is 0.448. The maximum absolute atomic E-state index is 13.4. The van der Waals surface area contributed by atoms with Gasteiger partial charge in [-0.2, -0.15) is 0 Å². The highest BCUT2D eigenvalue weighted by Crippen LogP contribution is 2.35. The van der Waals surface area contributed by atoms with E-state index in [9.17, 15) is 9.90 Å². The number of fused-ring (bicyclic) bond motifs is 1. The molecule has 2 aliphatic heterocycles. The number of aliphatic imine (C=N–C) groups is 1. The number of nitrogens with two attached hydrogens (primary N) is 2. The van der Waals surface area contributed by atoms with Crippen molar-refractivity contribution < 1.29 is 9.90 Å². The summed E-state index contributed by atoms with van der Waals surface area (Å²) in [7, 11) is 0. The first-order valence-electron chi connectivity index (χ1n) is 13.3. The van der Waals surface area contributed by atoms with Crippen LogP contribution < -0.4 is 11.5 Å². The van der Waals surface area contributed by atoms with E-state index in [1.807, 2.05) is 17.0 Å². The van der Waals surface area contributed by atoms with Crippen molar-refractivity contribution in [2.24, 2.45) is 22.4 Å². The summed E-state index contributed by atoms with van der Waals surface area (Å²) >= 11 is 1.73. The van der Waals surface area contributed by atoms with Gasteiger partial charge in [-0.3, -0.25) is 4.79 Å². The van der Waals surface area contributed by atoms with Crippen LogP contribution in [0.15, 0.2) is 57.9 Å². The van der Waals surface area contributed by atoms with Crippen molar-refractivity contribution in [2.75, 3.05) is 39.3 Å². The van der Waals surface area contributed by atoms with Crippen molar-refractivity contribution in [1.29, 1.82) is 0 Å². The molecule has 198 valence electrons. The van der Waals surface area contributed by atoms with Gasteiger partial charge in [0.25, 0.3) is 0 Å². The van der Waals surface area contributed by atoms with E-state index in [1.54, 1.807) is 11.9 Å². The highest BCUT2D eigenvalue weighted by molar-refractivity contribution is 7.97. The normalized spacial score (nSPS) is 15.9. The molecule has 0 radical (unpaired) electrons. The zero-order valence-corrected chi connectivity index (χ0v) is 22.6. The molecule has 2 aromatic rings. The average Bonchev–Trinajstić information content (AvgIpc) is 3.05. The molecule has 8 heteroatoms. The van der Waals surface area contributed by atoms with Crippen LogP contribution >= 0.6 is 11.9 Å². The Balaban J connectivity index is 1.52. The van der Waals surface area contributed by atoms with Crippen LogP contribution in [0.3, 0.4) is 0 Å². The number of rotatable bonds is 12. The first kappa shape index (κ1) is 27.4. The first-order valence-corrected chi connectivity index (χ1v) is 14.1. The third-order valence-electron chi connectivity index (χ3n) is 6.77. The molecule has 2 aromatic carbocycles. The number of amidine groups is 1. The number of carbonyl (C=O) groups is 1. The molecular formula is C29H39N5O2S. The molecule has 5 N–H and O–H groups in total. The van der Waals surface area contributed by atoms with Gasteiger partial charge in [-0.05, 0) is 73.2 Å². The molecule has 0 unspecified atom stereocenters. The first-order chi connectivity index (χ1) is 18.0. The second-order valence-electron chi connectivity index (χ2n) is 9.88. The largest absolute Gasteiger partial charge is 0.396 e. The molecule has 2 aliphatic rings. The maximum Gasteiger partial charge on any atom is 0.250 e. The summed E-state index contributed by atoms with van der Waals surface area (Å²) in [5.41, 5.74) is 16.5. The van der Waals surface area contributed by atoms with Crippen LogP contribution in [0.25, 0.3) is 17.2 Å². The van der Waals surface area contributed by atoms with E-state index in [4.69, 9.17) is 11.5 Å². The molecule has 37 heavy (non-hydrogen) atoms. The zero-order valence-electron chi connectivity index (χ0n) is 21.7. The summed E-state index contributed by atoms with van der Waals surface area (Å²) in [5.74, 6) is 0.887. The maximum atomic E-state index is 13.4. The second-order valence-corrected chi connectivity index (χ2v) is 11.0. The Morgan fingerprint density at radius 3 is 2.70 bits per heavy atom. The second kappa shape index (κ2) is 13.2. The molecule has 0 aliphatic carbocycles. The third kappa shape index (κ3) is 7.23. The Hall–Kier alpha value is -2.65. The summed E-state index contributed by atoms with van der Waals surface area (Å²) in [5, 5.41) is 9.26. The van der Waals surface area contributed by atoms with Crippen LogP contribution in [0.2, 0.25) is 0 Å². The van der Waals surface area contributed by atoms with Gasteiger partial charge in [-0.15, -0.1) is 0 Å². The molecule has 0 aromatic heterocycles. The van der Waals surface area contributed by atoms with Gasteiger partial charge in [-0.25, -0.2) is 9.30 Å². The fourth-order valence-electron chi connectivity index (χ4n) is 4.71. The fourth-order valence-corrected chi connectivity index (χ4v) is 5.90. The minimum atomic E-state index is 0.0452. The Bertz CT molecular complexity index is 1140. The van der Waals surface area contributed by atoms with Crippen molar-refractivity contribution in [1.82, 2.24) is 9.21 Å². The molecular weight excluding hydrogens is 482 g/mol. The standard InChI is InChI=1S/C29H39N5O2S/c1-2-12-33(13-5-3-4-11-30)29(36)25-14-24-10-9-23(16-27(24)32-28(31)17-25)22-7-6-8-26(15-22)37-34-18-21(19-34)20-35/h6-10,14-16,21,35H,2-5,11-13,17-20,30H2,1H3,(H2,31,32). The predicted molar refractivity (Wildman–Crippen MR) is 154 cm³/mol. The van der Waals surface area contributed by atoms with Crippen LogP contribution in [0.4, 0.5) is 5.69 Å². The van der Waals surface area contributed by atoms with Gasteiger partial charge in [0.05, 0.1) is 5.69 Å². The van der Waals surface area contributed by atoms with E-state index in [1.165, 1.54) is 4.90 Å². The van der Waals surface area contributed by atoms with Crippen molar-refractivity contribution in [3.8, 4) is 11.1 Å². The zero-order chi connectivity index (χ0) is 26.2. The molecule has 7 nitrogen and oxygen atoms in total. The molecule has 2 heterocycles. The van der Waals surface area contributed by atoms with Gasteiger partial charge in [0.1, 0.15) is 5.84 Å². The van der Waals surface area contributed by atoms with Crippen molar-refractivity contribution in [3.63, 3.8) is 0 Å². The van der Waals surface area contributed by atoms with E-state index >= 15 is 0 Å². The van der Waals surface area contributed by atoms with Gasteiger partial charge < -0.3 is 21.5 Å². The minimum Gasteiger partial charge on any atom is -0.396 e. The highest BCUT2D eigenvalue weighted by Gasteiger charge is 2.26. The van der Waals surface area contributed by atoms with E-state index in [0.29, 0.717) is 30.3 Å². The topological polar surface area (TPSA) is 108 Å². The lowest BCUT2D eigenvalue weighted by atomic mass is 10.0. The number of hydrogen-bond donors (Lipinski definition) is 3. The Morgan fingerprint density at radius 1 is 1.14 bits per heavy atom. The van der Waals surface area contributed by atoms with Gasteiger partial charge in [0, 0.05) is 61.2 Å². The van der Waals surface area contributed by atoms with E-state index in [0.717, 1.165) is 74.2 Å². The smallest absolute Gasteiger partial charge is 0.250 e. The number of unbranched alkanes of at least 4 members (excludes halogenated alkanes) is 2. The van der Waals surface area contributed by atoms with Gasteiger partial charge in [0.15, 0.2) is 0 Å². The van der Waals surface area contributed by atoms with E-state index in [-0.39, 0.29) is 12.5 Å².